The molecule has 34 heavy (non-hydrogen) atoms. The zero-order valence-electron chi connectivity index (χ0n) is 19.0. The summed E-state index contributed by atoms with van der Waals surface area (Å²) in [5.41, 5.74) is 6.34. The van der Waals surface area contributed by atoms with Crippen LogP contribution in [0.5, 0.6) is 0 Å². The average Bonchev–Trinajstić information content (AvgIpc) is 3.09. The number of carbonyl (C=O) groups is 1. The third kappa shape index (κ3) is 5.58. The van der Waals surface area contributed by atoms with E-state index in [1.807, 2.05) is 0 Å². The van der Waals surface area contributed by atoms with E-state index in [0.717, 1.165) is 18.9 Å². The second kappa shape index (κ2) is 10.5. The van der Waals surface area contributed by atoms with Gasteiger partial charge in [-0.1, -0.05) is 0 Å². The van der Waals surface area contributed by atoms with Crippen LogP contribution in [0.15, 0.2) is 12.1 Å². The number of nitrogens with one attached hydrogen (secondary N) is 1. The van der Waals surface area contributed by atoms with Gasteiger partial charge in [-0.15, -0.1) is 0 Å². The maximum atomic E-state index is 14.1. The first-order chi connectivity index (χ1) is 16.2. The van der Waals surface area contributed by atoms with E-state index >= 15 is 0 Å². The van der Waals surface area contributed by atoms with Crippen LogP contribution in [0.4, 0.5) is 13.2 Å². The Morgan fingerprint density at radius 1 is 1.06 bits per heavy atom. The van der Waals surface area contributed by atoms with E-state index in [1.54, 1.807) is 4.31 Å². The summed E-state index contributed by atoms with van der Waals surface area (Å²) in [5.74, 6) is -3.67. The lowest BCUT2D eigenvalue weighted by atomic mass is 9.83. The van der Waals surface area contributed by atoms with Gasteiger partial charge in [0.2, 0.25) is 15.9 Å². The lowest BCUT2D eigenvalue weighted by Gasteiger charge is -2.40. The first-order valence-electron chi connectivity index (χ1n) is 11.9. The van der Waals surface area contributed by atoms with Gasteiger partial charge in [0, 0.05) is 49.9 Å². The molecule has 1 unspecified atom stereocenters. The van der Waals surface area contributed by atoms with E-state index in [2.05, 4.69) is 5.32 Å². The number of ether oxygens (including phenoxy) is 1. The number of rotatable bonds is 8. The molecule has 0 spiro atoms. The molecule has 7 nitrogen and oxygen atoms in total. The van der Waals surface area contributed by atoms with Gasteiger partial charge in [-0.2, -0.15) is 4.31 Å². The third-order valence-corrected chi connectivity index (χ3v) is 9.38. The number of hydrogen-bond donors (Lipinski definition) is 2. The second-order valence-electron chi connectivity index (χ2n) is 9.67. The van der Waals surface area contributed by atoms with Crippen LogP contribution in [0.3, 0.4) is 0 Å². The summed E-state index contributed by atoms with van der Waals surface area (Å²) in [7, 11) is -3.57. The fourth-order valence-electron chi connectivity index (χ4n) is 5.63. The SMILES string of the molecule is N[C@H](Cc1cc(F)c(F)cc1F)C1C[C@H]2CC[C@@H](C1)N2S(=O)(=O)CCNC(=O)C1CCOCC1. The first-order valence-corrected chi connectivity index (χ1v) is 13.5. The van der Waals surface area contributed by atoms with Gasteiger partial charge >= 0.3 is 0 Å². The zero-order valence-corrected chi connectivity index (χ0v) is 19.8. The molecule has 4 rings (SSSR count). The normalized spacial score (nSPS) is 27.0. The zero-order chi connectivity index (χ0) is 24.5. The van der Waals surface area contributed by atoms with Crippen LogP contribution in [0, 0.1) is 29.3 Å². The largest absolute Gasteiger partial charge is 0.381 e. The average molecular weight is 504 g/mol. The Morgan fingerprint density at radius 3 is 2.32 bits per heavy atom. The van der Waals surface area contributed by atoms with Crippen molar-refractivity contribution in [1.29, 1.82) is 0 Å². The van der Waals surface area contributed by atoms with E-state index < -0.39 is 33.5 Å². The van der Waals surface area contributed by atoms with Gasteiger partial charge in [0.15, 0.2) is 11.6 Å². The predicted molar refractivity (Wildman–Crippen MR) is 120 cm³/mol. The standard InChI is InChI=1S/C23H32F3N3O4S/c24-19-13-21(26)20(25)11-15(19)12-22(27)16-9-17-1-2-18(10-16)29(17)34(31,32)8-5-28-23(30)14-3-6-33-7-4-14/h11,13-14,16-18,22H,1-10,12,27H2,(H,28,30)/t16?,17-,18+,22-/m1/s1. The minimum Gasteiger partial charge on any atom is -0.381 e. The lowest BCUT2D eigenvalue weighted by molar-refractivity contribution is -0.127. The fraction of sp³-hybridized carbons (Fsp3) is 0.696. The summed E-state index contributed by atoms with van der Waals surface area (Å²) in [6.45, 7) is 1.14. The molecule has 3 N–H and O–H groups in total. The number of hydrogen-bond acceptors (Lipinski definition) is 5. The Bertz CT molecular complexity index is 989. The van der Waals surface area contributed by atoms with Gasteiger partial charge in [0.1, 0.15) is 5.82 Å². The molecular weight excluding hydrogens is 471 g/mol. The third-order valence-electron chi connectivity index (χ3n) is 7.43. The van der Waals surface area contributed by atoms with Crippen LogP contribution in [-0.2, 0) is 26.0 Å². The van der Waals surface area contributed by atoms with Crippen LogP contribution in [-0.4, -0.2) is 62.3 Å². The highest BCUT2D eigenvalue weighted by atomic mass is 32.2. The number of nitrogens with zero attached hydrogens (tertiary/aromatic N) is 1. The number of amides is 1. The van der Waals surface area contributed by atoms with Gasteiger partial charge < -0.3 is 15.8 Å². The molecule has 3 heterocycles. The first kappa shape index (κ1) is 25.4. The molecule has 1 aromatic rings. The lowest BCUT2D eigenvalue weighted by Crippen LogP contribution is -2.51. The van der Waals surface area contributed by atoms with E-state index in [0.29, 0.717) is 45.0 Å². The molecule has 2 bridgehead atoms. The molecule has 0 saturated carbocycles. The molecule has 0 aliphatic carbocycles. The van der Waals surface area contributed by atoms with Crippen LogP contribution in [0.2, 0.25) is 0 Å². The molecule has 3 aliphatic heterocycles. The maximum Gasteiger partial charge on any atom is 0.223 e. The van der Waals surface area contributed by atoms with Crippen LogP contribution >= 0.6 is 0 Å². The summed E-state index contributed by atoms with van der Waals surface area (Å²) >= 11 is 0. The van der Waals surface area contributed by atoms with E-state index in [4.69, 9.17) is 10.5 Å². The maximum absolute atomic E-state index is 14.1. The fourth-order valence-corrected chi connectivity index (χ4v) is 7.50. The molecule has 3 aliphatic rings. The predicted octanol–water partition coefficient (Wildman–Crippen LogP) is 2.09. The van der Waals surface area contributed by atoms with Crippen molar-refractivity contribution in [2.24, 2.45) is 17.6 Å². The Balaban J connectivity index is 1.32. The number of nitrogens with two attached hydrogens (primary N) is 1. The number of benzene rings is 1. The number of carbonyl (C=O) groups excluding carboxylic acids is 1. The van der Waals surface area contributed by atoms with Gasteiger partial charge in [0.05, 0.1) is 5.75 Å². The van der Waals surface area contributed by atoms with Crippen molar-refractivity contribution in [2.45, 2.75) is 63.1 Å². The Morgan fingerprint density at radius 2 is 1.68 bits per heavy atom. The molecule has 3 fully saturated rings. The van der Waals surface area contributed by atoms with Crippen molar-refractivity contribution in [3.8, 4) is 0 Å². The minimum absolute atomic E-state index is 0.0223. The van der Waals surface area contributed by atoms with Gasteiger partial charge in [0.25, 0.3) is 0 Å². The molecule has 1 aromatic carbocycles. The highest BCUT2D eigenvalue weighted by molar-refractivity contribution is 7.89. The van der Waals surface area contributed by atoms with Crippen molar-refractivity contribution in [3.63, 3.8) is 0 Å². The Hall–Kier alpha value is -1.69. The highest BCUT2D eigenvalue weighted by Crippen LogP contribution is 2.42. The van der Waals surface area contributed by atoms with Crippen molar-refractivity contribution < 1.29 is 31.1 Å². The van der Waals surface area contributed by atoms with Crippen molar-refractivity contribution >= 4 is 15.9 Å². The quantitative estimate of drug-likeness (QED) is 0.529. The Kier molecular flexibility index (Phi) is 7.85. The molecule has 190 valence electrons. The van der Waals surface area contributed by atoms with Gasteiger partial charge in [-0.25, -0.2) is 21.6 Å². The summed E-state index contributed by atoms with van der Waals surface area (Å²) in [6.07, 6.45) is 3.86. The van der Waals surface area contributed by atoms with Gasteiger partial charge in [-0.05, 0) is 62.5 Å². The number of fused-ring (bicyclic) bond motifs is 2. The summed E-state index contributed by atoms with van der Waals surface area (Å²) in [6, 6.07) is 0.484. The minimum atomic E-state index is -3.57. The number of halogens is 3. The van der Waals surface area contributed by atoms with Crippen molar-refractivity contribution in [2.75, 3.05) is 25.5 Å². The van der Waals surface area contributed by atoms with Crippen LogP contribution < -0.4 is 11.1 Å². The van der Waals surface area contributed by atoms with Crippen LogP contribution in [0.25, 0.3) is 0 Å². The molecule has 3 saturated heterocycles. The highest BCUT2D eigenvalue weighted by Gasteiger charge is 2.47. The van der Waals surface area contributed by atoms with E-state index in [-0.39, 0.29) is 54.1 Å². The monoisotopic (exact) mass is 503 g/mol. The van der Waals surface area contributed by atoms with E-state index in [9.17, 15) is 26.4 Å². The molecule has 11 heteroatoms. The molecule has 4 atom stereocenters. The molecule has 0 radical (unpaired) electrons. The van der Waals surface area contributed by atoms with Crippen LogP contribution in [0.1, 0.15) is 44.1 Å². The topological polar surface area (TPSA) is 102 Å². The van der Waals surface area contributed by atoms with Crippen molar-refractivity contribution in [3.05, 3.63) is 35.1 Å². The molecule has 0 aromatic heterocycles. The van der Waals surface area contributed by atoms with Gasteiger partial charge in [-0.3, -0.25) is 4.79 Å². The number of piperidine rings is 1. The summed E-state index contributed by atoms with van der Waals surface area (Å²) in [4.78, 5) is 12.3. The Labute approximate surface area is 198 Å². The second-order valence-corrected chi connectivity index (χ2v) is 11.7. The molecule has 1 amide bonds. The smallest absolute Gasteiger partial charge is 0.223 e. The number of sulfonamides is 1. The summed E-state index contributed by atoms with van der Waals surface area (Å²) < 4.78 is 73.8. The van der Waals surface area contributed by atoms with E-state index in [1.165, 1.54) is 0 Å². The molecular formula is C23H32F3N3O4S. The summed E-state index contributed by atoms with van der Waals surface area (Å²) in [5, 5.41) is 2.75. The van der Waals surface area contributed by atoms with Crippen molar-refractivity contribution in [1.82, 2.24) is 9.62 Å².